The van der Waals surface area contributed by atoms with Crippen LogP contribution in [0.1, 0.15) is 12.5 Å². The van der Waals surface area contributed by atoms with E-state index >= 15 is 0 Å². The fourth-order valence-electron chi connectivity index (χ4n) is 1.34. The first-order valence-corrected chi connectivity index (χ1v) is 5.46. The molecule has 1 atom stereocenters. The van der Waals surface area contributed by atoms with Crippen LogP contribution >= 0.6 is 11.6 Å². The molecular weight excluding hydrogens is 305 g/mol. The van der Waals surface area contributed by atoms with E-state index < -0.39 is 45.1 Å². The lowest BCUT2D eigenvalue weighted by Gasteiger charge is -2.14. The first kappa shape index (κ1) is 16.0. The molecule has 0 spiro atoms. The molecule has 1 aromatic carbocycles. The predicted molar refractivity (Wildman–Crippen MR) is 63.8 cm³/mol. The van der Waals surface area contributed by atoms with Crippen molar-refractivity contribution in [2.24, 2.45) is 0 Å². The molecule has 2 N–H and O–H groups in total. The molecule has 0 aliphatic heterocycles. The Morgan fingerprint density at radius 3 is 2.45 bits per heavy atom. The molecule has 0 amide bonds. The summed E-state index contributed by atoms with van der Waals surface area (Å²) in [7, 11) is 0. The summed E-state index contributed by atoms with van der Waals surface area (Å²) in [5.41, 5.74) is -2.67. The smallest absolute Gasteiger partial charge is 0.418 e. The second-order valence-electron chi connectivity index (χ2n) is 3.81. The number of carboxylic acid groups (broad SMARTS) is 1. The number of carboxylic acids is 1. The average molecular weight is 313 g/mol. The number of rotatable bonds is 4. The maximum absolute atomic E-state index is 12.6. The molecule has 10 heteroatoms. The van der Waals surface area contributed by atoms with Gasteiger partial charge in [-0.05, 0) is 13.0 Å². The third kappa shape index (κ3) is 3.50. The normalized spacial score (nSPS) is 12.8. The monoisotopic (exact) mass is 312 g/mol. The van der Waals surface area contributed by atoms with Gasteiger partial charge >= 0.3 is 12.1 Å². The minimum atomic E-state index is -4.85. The lowest BCUT2D eigenvalue weighted by molar-refractivity contribution is -0.384. The van der Waals surface area contributed by atoms with Gasteiger partial charge in [0.1, 0.15) is 11.7 Å². The molecule has 0 aromatic heterocycles. The lowest BCUT2D eigenvalue weighted by atomic mass is 10.1. The van der Waals surface area contributed by atoms with E-state index in [9.17, 15) is 28.1 Å². The first-order chi connectivity index (χ1) is 9.04. The zero-order valence-corrected chi connectivity index (χ0v) is 10.6. The summed E-state index contributed by atoms with van der Waals surface area (Å²) in [6.07, 6.45) is -4.85. The largest absolute Gasteiger partial charge is 0.480 e. The number of nitrogens with zero attached hydrogens (tertiary/aromatic N) is 1. The third-order valence-corrected chi connectivity index (χ3v) is 2.64. The van der Waals surface area contributed by atoms with E-state index in [1.807, 2.05) is 0 Å². The Balaban J connectivity index is 3.36. The van der Waals surface area contributed by atoms with Crippen molar-refractivity contribution in [1.29, 1.82) is 0 Å². The summed E-state index contributed by atoms with van der Waals surface area (Å²) in [5, 5.41) is 20.9. The number of carbonyl (C=O) groups is 1. The molecule has 0 heterocycles. The van der Waals surface area contributed by atoms with Crippen LogP contribution in [0.25, 0.3) is 0 Å². The van der Waals surface area contributed by atoms with Gasteiger partial charge in [-0.2, -0.15) is 13.2 Å². The fraction of sp³-hybridized carbons (Fsp3) is 0.300. The van der Waals surface area contributed by atoms with Crippen LogP contribution in [0.5, 0.6) is 0 Å². The quantitative estimate of drug-likeness (QED) is 0.658. The van der Waals surface area contributed by atoms with Gasteiger partial charge in [-0.15, -0.1) is 0 Å². The van der Waals surface area contributed by atoms with Gasteiger partial charge in [0.15, 0.2) is 0 Å². The van der Waals surface area contributed by atoms with E-state index in [0.29, 0.717) is 6.07 Å². The molecule has 6 nitrogen and oxygen atoms in total. The Hall–Kier alpha value is -2.03. The number of hydrogen-bond acceptors (Lipinski definition) is 4. The van der Waals surface area contributed by atoms with Crippen LogP contribution in [0.2, 0.25) is 5.02 Å². The second kappa shape index (κ2) is 5.53. The third-order valence-electron chi connectivity index (χ3n) is 2.33. The SMILES string of the molecule is C[C@@H](Nc1cc(Cl)c(C(F)(F)F)cc1[N+](=O)[O-])C(=O)O. The van der Waals surface area contributed by atoms with Crippen LogP contribution in [-0.4, -0.2) is 22.0 Å². The van der Waals surface area contributed by atoms with Crippen LogP contribution in [0.3, 0.4) is 0 Å². The highest BCUT2D eigenvalue weighted by atomic mass is 35.5. The van der Waals surface area contributed by atoms with E-state index in [1.165, 1.54) is 6.92 Å². The van der Waals surface area contributed by atoms with Gasteiger partial charge in [-0.25, -0.2) is 0 Å². The minimum absolute atomic E-state index is 0.263. The van der Waals surface area contributed by atoms with Crippen molar-refractivity contribution in [2.45, 2.75) is 19.1 Å². The first-order valence-electron chi connectivity index (χ1n) is 5.08. The summed E-state index contributed by atoms with van der Waals surface area (Å²) < 4.78 is 37.8. The number of nitrogens with one attached hydrogen (secondary N) is 1. The van der Waals surface area contributed by atoms with Gasteiger partial charge < -0.3 is 10.4 Å². The molecule has 0 unspecified atom stereocenters. The van der Waals surface area contributed by atoms with E-state index in [0.717, 1.165) is 0 Å². The Kier molecular flexibility index (Phi) is 4.43. The van der Waals surface area contributed by atoms with Gasteiger partial charge in [-0.3, -0.25) is 14.9 Å². The molecule has 20 heavy (non-hydrogen) atoms. The van der Waals surface area contributed by atoms with Gasteiger partial charge in [0.25, 0.3) is 5.69 Å². The molecule has 0 radical (unpaired) electrons. The van der Waals surface area contributed by atoms with E-state index in [4.69, 9.17) is 16.7 Å². The fourth-order valence-corrected chi connectivity index (χ4v) is 1.61. The standard InChI is InChI=1S/C10H8ClF3N2O4/c1-4(9(17)18)15-7-3-6(11)5(10(12,13)14)2-8(7)16(19)20/h2-4,15H,1H3,(H,17,18)/t4-/m1/s1. The number of nitro groups is 1. The maximum Gasteiger partial charge on any atom is 0.418 e. The minimum Gasteiger partial charge on any atom is -0.480 e. The van der Waals surface area contributed by atoms with Crippen molar-refractivity contribution >= 4 is 28.9 Å². The molecule has 0 fully saturated rings. The van der Waals surface area contributed by atoms with Crippen molar-refractivity contribution < 1.29 is 28.0 Å². The molecule has 0 aliphatic carbocycles. The van der Waals surface area contributed by atoms with E-state index in [2.05, 4.69) is 5.32 Å². The summed E-state index contributed by atoms with van der Waals surface area (Å²) >= 11 is 5.42. The Morgan fingerprint density at radius 2 is 2.05 bits per heavy atom. The molecule has 0 saturated heterocycles. The number of halogens is 4. The van der Waals surface area contributed by atoms with Gasteiger partial charge in [-0.1, -0.05) is 11.6 Å². The molecule has 0 aliphatic rings. The maximum atomic E-state index is 12.6. The van der Waals surface area contributed by atoms with Crippen molar-refractivity contribution in [2.75, 3.05) is 5.32 Å². The van der Waals surface area contributed by atoms with E-state index in [1.54, 1.807) is 0 Å². The molecule has 0 bridgehead atoms. The van der Waals surface area contributed by atoms with Crippen molar-refractivity contribution in [3.63, 3.8) is 0 Å². The van der Waals surface area contributed by atoms with Crippen molar-refractivity contribution in [1.82, 2.24) is 0 Å². The van der Waals surface area contributed by atoms with Gasteiger partial charge in [0.05, 0.1) is 15.5 Å². The van der Waals surface area contributed by atoms with E-state index in [-0.39, 0.29) is 6.07 Å². The van der Waals surface area contributed by atoms with Crippen LogP contribution in [0, 0.1) is 10.1 Å². The summed E-state index contributed by atoms with van der Waals surface area (Å²) in [5.74, 6) is -1.32. The van der Waals surface area contributed by atoms with Gasteiger partial charge in [0, 0.05) is 6.07 Å². The highest BCUT2D eigenvalue weighted by molar-refractivity contribution is 6.31. The zero-order chi connectivity index (χ0) is 15.7. The Bertz CT molecular complexity index is 562. The highest BCUT2D eigenvalue weighted by Gasteiger charge is 2.36. The lowest BCUT2D eigenvalue weighted by Crippen LogP contribution is -2.26. The number of alkyl halides is 3. The predicted octanol–water partition coefficient (Wildman–Crippen LogP) is 3.15. The summed E-state index contributed by atoms with van der Waals surface area (Å²) in [6.45, 7) is 1.18. The second-order valence-corrected chi connectivity index (χ2v) is 4.22. The number of aliphatic carboxylic acids is 1. The molecular formula is C10H8ClF3N2O4. The van der Waals surface area contributed by atoms with Crippen LogP contribution < -0.4 is 5.32 Å². The van der Waals surface area contributed by atoms with Crippen LogP contribution in [0.4, 0.5) is 24.5 Å². The molecule has 110 valence electrons. The Morgan fingerprint density at radius 1 is 1.50 bits per heavy atom. The molecule has 1 rings (SSSR count). The van der Waals surface area contributed by atoms with Crippen molar-refractivity contribution in [3.8, 4) is 0 Å². The van der Waals surface area contributed by atoms with Crippen LogP contribution in [0.15, 0.2) is 12.1 Å². The molecule has 1 aromatic rings. The number of nitro benzene ring substituents is 1. The average Bonchev–Trinajstić information content (AvgIpc) is 2.26. The van der Waals surface area contributed by atoms with Crippen LogP contribution in [-0.2, 0) is 11.0 Å². The van der Waals surface area contributed by atoms with Gasteiger partial charge in [0.2, 0.25) is 0 Å². The number of benzene rings is 1. The molecule has 0 saturated carbocycles. The number of hydrogen-bond donors (Lipinski definition) is 2. The highest BCUT2D eigenvalue weighted by Crippen LogP contribution is 2.40. The Labute approximate surface area is 115 Å². The summed E-state index contributed by atoms with van der Waals surface area (Å²) in [6, 6.07) is -0.289. The zero-order valence-electron chi connectivity index (χ0n) is 9.86. The number of anilines is 1. The van der Waals surface area contributed by atoms with Crippen molar-refractivity contribution in [3.05, 3.63) is 32.8 Å². The summed E-state index contributed by atoms with van der Waals surface area (Å²) in [4.78, 5) is 20.4. The topological polar surface area (TPSA) is 92.5 Å².